The molecule has 1 aromatic carbocycles. The van der Waals surface area contributed by atoms with Gasteiger partial charge in [0.1, 0.15) is 12.4 Å². The predicted molar refractivity (Wildman–Crippen MR) is 103 cm³/mol. The fraction of sp³-hybridized carbons (Fsp3) is 0.450. The van der Waals surface area contributed by atoms with Crippen molar-refractivity contribution >= 4 is 11.8 Å². The fourth-order valence-electron chi connectivity index (χ4n) is 3.34. The molecule has 8 nitrogen and oxygen atoms in total. The molecule has 1 heterocycles. The van der Waals surface area contributed by atoms with E-state index in [-0.39, 0.29) is 17.7 Å². The summed E-state index contributed by atoms with van der Waals surface area (Å²) < 4.78 is 5.54. The van der Waals surface area contributed by atoms with Crippen molar-refractivity contribution in [3.8, 4) is 5.75 Å². The van der Waals surface area contributed by atoms with Crippen LogP contribution in [0.15, 0.2) is 42.7 Å². The molecule has 3 rings (SSSR count). The molecule has 0 saturated heterocycles. The molecule has 1 aliphatic rings. The maximum Gasteiger partial charge on any atom is 0.223 e. The topological polar surface area (TPSA) is 116 Å². The van der Waals surface area contributed by atoms with E-state index in [9.17, 15) is 14.7 Å². The van der Waals surface area contributed by atoms with Crippen LogP contribution in [0.4, 0.5) is 0 Å². The molecule has 1 aliphatic carbocycles. The van der Waals surface area contributed by atoms with Gasteiger partial charge in [0.05, 0.1) is 24.9 Å². The predicted octanol–water partition coefficient (Wildman–Crippen LogP) is 0.793. The van der Waals surface area contributed by atoms with Crippen molar-refractivity contribution in [2.75, 3.05) is 13.2 Å². The molecule has 2 amide bonds. The van der Waals surface area contributed by atoms with E-state index >= 15 is 0 Å². The molecule has 1 aromatic heterocycles. The third-order valence-corrected chi connectivity index (χ3v) is 4.85. The minimum atomic E-state index is -0.714. The van der Waals surface area contributed by atoms with Crippen LogP contribution in [0.25, 0.3) is 0 Å². The summed E-state index contributed by atoms with van der Waals surface area (Å²) in [7, 11) is 0. The van der Waals surface area contributed by atoms with Crippen LogP contribution in [0.3, 0.4) is 0 Å². The lowest BCUT2D eigenvalue weighted by Crippen LogP contribution is -2.40. The molecule has 0 unspecified atom stereocenters. The van der Waals surface area contributed by atoms with E-state index in [1.807, 2.05) is 30.3 Å². The van der Waals surface area contributed by atoms with Crippen LogP contribution < -0.4 is 15.4 Å². The number of rotatable bonds is 9. The van der Waals surface area contributed by atoms with Crippen LogP contribution in [0.5, 0.6) is 5.75 Å². The number of para-hydroxylation sites is 1. The van der Waals surface area contributed by atoms with Gasteiger partial charge < -0.3 is 20.5 Å². The maximum absolute atomic E-state index is 12.3. The zero-order chi connectivity index (χ0) is 19.8. The summed E-state index contributed by atoms with van der Waals surface area (Å²) in [6.07, 6.45) is 4.39. The van der Waals surface area contributed by atoms with Gasteiger partial charge in [0, 0.05) is 18.5 Å². The lowest BCUT2D eigenvalue weighted by atomic mass is 10.1. The Morgan fingerprint density at radius 1 is 1.25 bits per heavy atom. The number of hydrogen-bond donors (Lipinski definition) is 4. The SMILES string of the molecule is O=C(CCc1cn[nH]c1)N[C@@H]1C[C@H](C(=O)NCCOc2ccccc2)C[C@H]1O. The van der Waals surface area contributed by atoms with E-state index in [0.717, 1.165) is 11.3 Å². The summed E-state index contributed by atoms with van der Waals surface area (Å²) in [5, 5.41) is 22.4. The van der Waals surface area contributed by atoms with Crippen molar-refractivity contribution < 1.29 is 19.4 Å². The highest BCUT2D eigenvalue weighted by Gasteiger charge is 2.37. The monoisotopic (exact) mass is 386 g/mol. The number of nitrogens with zero attached hydrogens (tertiary/aromatic N) is 1. The van der Waals surface area contributed by atoms with Gasteiger partial charge in [-0.05, 0) is 37.0 Å². The van der Waals surface area contributed by atoms with E-state index < -0.39 is 12.1 Å². The number of aryl methyl sites for hydroxylation is 1. The van der Waals surface area contributed by atoms with Crippen molar-refractivity contribution in [3.05, 3.63) is 48.3 Å². The Hall–Kier alpha value is -2.87. The Morgan fingerprint density at radius 2 is 2.07 bits per heavy atom. The molecule has 4 N–H and O–H groups in total. The first-order chi connectivity index (χ1) is 13.6. The number of aromatic amines is 1. The summed E-state index contributed by atoms with van der Waals surface area (Å²) in [5.41, 5.74) is 0.956. The minimum Gasteiger partial charge on any atom is -0.492 e. The second-order valence-electron chi connectivity index (χ2n) is 6.97. The number of H-pyrrole nitrogens is 1. The average Bonchev–Trinajstić information content (AvgIpc) is 3.34. The van der Waals surface area contributed by atoms with E-state index in [1.165, 1.54) is 0 Å². The van der Waals surface area contributed by atoms with Crippen LogP contribution >= 0.6 is 0 Å². The molecule has 0 radical (unpaired) electrons. The van der Waals surface area contributed by atoms with Gasteiger partial charge in [-0.3, -0.25) is 14.7 Å². The van der Waals surface area contributed by atoms with Gasteiger partial charge in [-0.15, -0.1) is 0 Å². The largest absolute Gasteiger partial charge is 0.492 e. The van der Waals surface area contributed by atoms with Crippen LogP contribution in [0, 0.1) is 5.92 Å². The molecule has 28 heavy (non-hydrogen) atoms. The molecule has 3 atom stereocenters. The number of nitrogens with one attached hydrogen (secondary N) is 3. The third-order valence-electron chi connectivity index (χ3n) is 4.85. The van der Waals surface area contributed by atoms with Crippen LogP contribution in [0.2, 0.25) is 0 Å². The van der Waals surface area contributed by atoms with Crippen molar-refractivity contribution in [1.29, 1.82) is 0 Å². The van der Waals surface area contributed by atoms with E-state index in [1.54, 1.807) is 12.4 Å². The number of carbonyl (C=O) groups excluding carboxylic acids is 2. The van der Waals surface area contributed by atoms with Crippen molar-refractivity contribution in [2.45, 2.75) is 37.8 Å². The smallest absolute Gasteiger partial charge is 0.223 e. The first-order valence-corrected chi connectivity index (χ1v) is 9.52. The van der Waals surface area contributed by atoms with Gasteiger partial charge in [0.25, 0.3) is 0 Å². The highest BCUT2D eigenvalue weighted by Crippen LogP contribution is 2.26. The molecule has 0 spiro atoms. The van der Waals surface area contributed by atoms with Gasteiger partial charge in [0.2, 0.25) is 11.8 Å². The Kier molecular flexibility index (Phi) is 7.02. The third kappa shape index (κ3) is 5.82. The first-order valence-electron chi connectivity index (χ1n) is 9.52. The highest BCUT2D eigenvalue weighted by molar-refractivity contribution is 5.80. The molecular weight excluding hydrogens is 360 g/mol. The van der Waals surface area contributed by atoms with Gasteiger partial charge >= 0.3 is 0 Å². The van der Waals surface area contributed by atoms with E-state index in [0.29, 0.717) is 38.8 Å². The molecule has 1 fully saturated rings. The quantitative estimate of drug-likeness (QED) is 0.476. The molecule has 1 saturated carbocycles. The zero-order valence-electron chi connectivity index (χ0n) is 15.6. The molecule has 0 aliphatic heterocycles. The van der Waals surface area contributed by atoms with Gasteiger partial charge in [-0.1, -0.05) is 18.2 Å². The van der Waals surface area contributed by atoms with Crippen molar-refractivity contribution in [1.82, 2.24) is 20.8 Å². The van der Waals surface area contributed by atoms with Gasteiger partial charge in [0.15, 0.2) is 0 Å². The maximum atomic E-state index is 12.3. The molecule has 0 bridgehead atoms. The number of benzene rings is 1. The van der Waals surface area contributed by atoms with Crippen molar-refractivity contribution in [2.24, 2.45) is 5.92 Å². The van der Waals surface area contributed by atoms with Gasteiger partial charge in [-0.2, -0.15) is 5.10 Å². The molecule has 150 valence electrons. The summed E-state index contributed by atoms with van der Waals surface area (Å²) in [5.74, 6) is 0.186. The van der Waals surface area contributed by atoms with Crippen LogP contribution in [0.1, 0.15) is 24.8 Å². The Morgan fingerprint density at radius 3 is 2.82 bits per heavy atom. The second kappa shape index (κ2) is 9.89. The molecular formula is C20H26N4O4. The molecule has 8 heteroatoms. The number of ether oxygens (including phenoxy) is 1. The Labute approximate surface area is 163 Å². The first kappa shape index (κ1) is 19.9. The summed E-state index contributed by atoms with van der Waals surface area (Å²) in [6, 6.07) is 9.00. The molecule has 2 aromatic rings. The lowest BCUT2D eigenvalue weighted by molar-refractivity contribution is -0.125. The van der Waals surface area contributed by atoms with Crippen LogP contribution in [-0.2, 0) is 16.0 Å². The Bertz CT molecular complexity index is 751. The minimum absolute atomic E-state index is 0.120. The number of amides is 2. The standard InChI is InChI=1S/C20H26N4O4/c25-18-11-15(20(27)21-8-9-28-16-4-2-1-3-5-16)10-17(18)24-19(26)7-6-14-12-22-23-13-14/h1-5,12-13,15,17-18,25H,6-11H2,(H,21,27)(H,22,23)(H,24,26)/t15-,17+,18+/m0/s1. The highest BCUT2D eigenvalue weighted by atomic mass is 16.5. The van der Waals surface area contributed by atoms with E-state index in [2.05, 4.69) is 20.8 Å². The zero-order valence-corrected chi connectivity index (χ0v) is 15.6. The number of hydrogen-bond acceptors (Lipinski definition) is 5. The number of aromatic nitrogens is 2. The fourth-order valence-corrected chi connectivity index (χ4v) is 3.34. The number of carbonyl (C=O) groups is 2. The summed E-state index contributed by atoms with van der Waals surface area (Å²) in [6.45, 7) is 0.765. The average molecular weight is 386 g/mol. The Balaban J connectivity index is 1.35. The normalized spacial score (nSPS) is 21.2. The summed E-state index contributed by atoms with van der Waals surface area (Å²) in [4.78, 5) is 24.4. The van der Waals surface area contributed by atoms with Crippen LogP contribution in [-0.4, -0.2) is 52.4 Å². The second-order valence-corrected chi connectivity index (χ2v) is 6.97. The lowest BCUT2D eigenvalue weighted by Gasteiger charge is -2.16. The number of aliphatic hydroxyl groups excluding tert-OH is 1. The van der Waals surface area contributed by atoms with Crippen molar-refractivity contribution in [3.63, 3.8) is 0 Å². The summed E-state index contributed by atoms with van der Waals surface area (Å²) >= 11 is 0. The number of aliphatic hydroxyl groups is 1. The van der Waals surface area contributed by atoms with E-state index in [4.69, 9.17) is 4.74 Å². The van der Waals surface area contributed by atoms with Gasteiger partial charge in [-0.25, -0.2) is 0 Å².